The maximum absolute atomic E-state index is 13.1. The van der Waals surface area contributed by atoms with Gasteiger partial charge in [0.15, 0.2) is 11.6 Å². The van der Waals surface area contributed by atoms with Gasteiger partial charge in [-0.2, -0.15) is 13.2 Å². The second-order valence-electron chi connectivity index (χ2n) is 8.73. The van der Waals surface area contributed by atoms with Gasteiger partial charge in [0.2, 0.25) is 5.91 Å². The molecule has 1 amide bonds. The summed E-state index contributed by atoms with van der Waals surface area (Å²) in [5.41, 5.74) is 8.17. The standard InChI is InChI=1S/C23H25N3O3.C2HF3O2/c1-13(24)23(29)26-15-11-9-14(10-12-15)25-19-8-4-7-18-20(19)22(28)17-6-3-2-5-16(17)21(18)27;3-2(4,5)1(6)7/h2-8,13-15,25H,9-12,24H2,1H3,(H,26,29);(H,6,7)/t13-,14?,15?;/m0./s1. The van der Waals surface area contributed by atoms with Crippen molar-refractivity contribution >= 4 is 29.1 Å². The maximum Gasteiger partial charge on any atom is 0.490 e. The summed E-state index contributed by atoms with van der Waals surface area (Å²) in [7, 11) is 0. The van der Waals surface area contributed by atoms with Crippen molar-refractivity contribution in [2.75, 3.05) is 5.32 Å². The van der Waals surface area contributed by atoms with Crippen molar-refractivity contribution in [1.82, 2.24) is 5.32 Å². The first kappa shape index (κ1) is 26.9. The summed E-state index contributed by atoms with van der Waals surface area (Å²) < 4.78 is 31.7. The highest BCUT2D eigenvalue weighted by atomic mass is 19.4. The average Bonchev–Trinajstić information content (AvgIpc) is 2.83. The number of hydrogen-bond donors (Lipinski definition) is 4. The topological polar surface area (TPSA) is 139 Å². The van der Waals surface area contributed by atoms with Crippen LogP contribution in [0.1, 0.15) is 64.4 Å². The van der Waals surface area contributed by atoms with Crippen LogP contribution in [0.4, 0.5) is 18.9 Å². The van der Waals surface area contributed by atoms with E-state index in [0.717, 1.165) is 25.7 Å². The van der Waals surface area contributed by atoms with Crippen LogP contribution in [0.25, 0.3) is 0 Å². The summed E-state index contributed by atoms with van der Waals surface area (Å²) >= 11 is 0. The van der Waals surface area contributed by atoms with Crippen molar-refractivity contribution in [3.05, 3.63) is 64.7 Å². The molecule has 0 bridgehead atoms. The lowest BCUT2D eigenvalue weighted by Crippen LogP contribution is -2.46. The first-order valence-corrected chi connectivity index (χ1v) is 11.3. The van der Waals surface area contributed by atoms with Gasteiger partial charge in [-0.25, -0.2) is 4.79 Å². The zero-order valence-corrected chi connectivity index (χ0v) is 19.4. The molecule has 8 nitrogen and oxygen atoms in total. The number of carbonyl (C=O) groups excluding carboxylic acids is 3. The van der Waals surface area contributed by atoms with E-state index in [-0.39, 0.29) is 29.6 Å². The van der Waals surface area contributed by atoms with Crippen molar-refractivity contribution in [2.45, 2.75) is 56.9 Å². The fourth-order valence-corrected chi connectivity index (χ4v) is 4.20. The number of benzene rings is 2. The van der Waals surface area contributed by atoms with Gasteiger partial charge in [-0.3, -0.25) is 14.4 Å². The lowest BCUT2D eigenvalue weighted by atomic mass is 9.83. The minimum absolute atomic E-state index is 0.110. The molecule has 0 unspecified atom stereocenters. The SMILES string of the molecule is C[C@H](N)C(=O)NC1CCC(Nc2cccc3c2C(=O)c2ccccc2C3=O)CC1.O=C(O)C(F)(F)F. The molecule has 0 aliphatic heterocycles. The van der Waals surface area contributed by atoms with Crippen molar-refractivity contribution in [1.29, 1.82) is 0 Å². The van der Waals surface area contributed by atoms with E-state index in [2.05, 4.69) is 10.6 Å². The summed E-state index contributed by atoms with van der Waals surface area (Å²) in [4.78, 5) is 46.7. The van der Waals surface area contributed by atoms with E-state index in [9.17, 15) is 27.6 Å². The quantitative estimate of drug-likeness (QED) is 0.427. The third-order valence-electron chi connectivity index (χ3n) is 6.04. The molecule has 4 rings (SSSR count). The number of ketones is 2. The molecule has 36 heavy (non-hydrogen) atoms. The first-order chi connectivity index (χ1) is 16.9. The van der Waals surface area contributed by atoms with Crippen molar-refractivity contribution in [2.24, 2.45) is 5.73 Å². The highest BCUT2D eigenvalue weighted by molar-refractivity contribution is 6.30. The third-order valence-corrected chi connectivity index (χ3v) is 6.04. The molecule has 1 saturated carbocycles. The molecule has 0 saturated heterocycles. The molecule has 11 heteroatoms. The van der Waals surface area contributed by atoms with Crippen molar-refractivity contribution in [3.8, 4) is 0 Å². The number of alkyl halides is 3. The Hall–Kier alpha value is -3.73. The predicted octanol–water partition coefficient (Wildman–Crippen LogP) is 3.28. The van der Waals surface area contributed by atoms with Gasteiger partial charge in [0.1, 0.15) is 0 Å². The van der Waals surface area contributed by atoms with E-state index in [0.29, 0.717) is 27.9 Å². The van der Waals surface area contributed by atoms with E-state index >= 15 is 0 Å². The number of carbonyl (C=O) groups is 4. The van der Waals surface area contributed by atoms with E-state index in [1.54, 1.807) is 37.3 Å². The minimum atomic E-state index is -5.08. The van der Waals surface area contributed by atoms with Crippen molar-refractivity contribution < 1.29 is 37.5 Å². The Labute approximate surface area is 205 Å². The van der Waals surface area contributed by atoms with Crippen LogP contribution in [-0.4, -0.2) is 52.9 Å². The highest BCUT2D eigenvalue weighted by Crippen LogP contribution is 2.33. The molecule has 2 aliphatic carbocycles. The van der Waals surface area contributed by atoms with Gasteiger partial charge < -0.3 is 21.5 Å². The molecule has 192 valence electrons. The van der Waals surface area contributed by atoms with E-state index in [1.165, 1.54) is 0 Å². The Morgan fingerprint density at radius 3 is 1.94 bits per heavy atom. The molecule has 2 aromatic rings. The molecule has 0 heterocycles. The third kappa shape index (κ3) is 6.09. The number of nitrogens with one attached hydrogen (secondary N) is 2. The van der Waals surface area contributed by atoms with Gasteiger partial charge in [0, 0.05) is 34.5 Å². The van der Waals surface area contributed by atoms with E-state index in [1.807, 2.05) is 12.1 Å². The maximum atomic E-state index is 13.1. The van der Waals surface area contributed by atoms with Crippen molar-refractivity contribution in [3.63, 3.8) is 0 Å². The number of halogens is 3. The Morgan fingerprint density at radius 1 is 0.917 bits per heavy atom. The Bertz CT molecular complexity index is 1170. The van der Waals surface area contributed by atoms with Crippen LogP contribution in [0.15, 0.2) is 42.5 Å². The van der Waals surface area contributed by atoms with E-state index < -0.39 is 18.2 Å². The number of carboxylic acid groups (broad SMARTS) is 1. The Balaban J connectivity index is 0.000000454. The zero-order valence-electron chi connectivity index (χ0n) is 19.4. The van der Waals surface area contributed by atoms with Crippen LogP contribution in [0, 0.1) is 0 Å². The molecule has 1 atom stereocenters. The van der Waals surface area contributed by atoms with Crippen LogP contribution in [0.3, 0.4) is 0 Å². The second kappa shape index (κ2) is 10.9. The summed E-state index contributed by atoms with van der Waals surface area (Å²) in [6, 6.07) is 12.2. The molecule has 1 fully saturated rings. The second-order valence-corrected chi connectivity index (χ2v) is 8.73. The molecule has 2 aliphatic rings. The number of amides is 1. The smallest absolute Gasteiger partial charge is 0.475 e. The van der Waals surface area contributed by atoms with Gasteiger partial charge in [-0.1, -0.05) is 36.4 Å². The Kier molecular flexibility index (Phi) is 8.13. The van der Waals surface area contributed by atoms with Crippen LogP contribution in [-0.2, 0) is 9.59 Å². The molecule has 0 radical (unpaired) electrons. The molecule has 2 aromatic carbocycles. The lowest BCUT2D eigenvalue weighted by Gasteiger charge is -2.31. The van der Waals surface area contributed by atoms with Crippen LogP contribution < -0.4 is 16.4 Å². The predicted molar refractivity (Wildman–Crippen MR) is 125 cm³/mol. The molecular weight excluding hydrogens is 479 g/mol. The monoisotopic (exact) mass is 505 g/mol. The van der Waals surface area contributed by atoms with E-state index in [4.69, 9.17) is 15.6 Å². The number of nitrogens with two attached hydrogens (primary N) is 1. The summed E-state index contributed by atoms with van der Waals surface area (Å²) in [5, 5.41) is 13.6. The largest absolute Gasteiger partial charge is 0.490 e. The summed E-state index contributed by atoms with van der Waals surface area (Å²) in [6.07, 6.45) is -1.65. The van der Waals surface area contributed by atoms with Gasteiger partial charge in [-0.15, -0.1) is 0 Å². The van der Waals surface area contributed by atoms with Gasteiger partial charge in [0.25, 0.3) is 0 Å². The molecule has 0 spiro atoms. The van der Waals surface area contributed by atoms with Gasteiger partial charge in [0.05, 0.1) is 11.6 Å². The molecule has 0 aromatic heterocycles. The fraction of sp³-hybridized carbons (Fsp3) is 0.360. The minimum Gasteiger partial charge on any atom is -0.475 e. The average molecular weight is 505 g/mol. The first-order valence-electron chi connectivity index (χ1n) is 11.3. The van der Waals surface area contributed by atoms with Crippen LogP contribution >= 0.6 is 0 Å². The number of rotatable bonds is 4. The molecule has 5 N–H and O–H groups in total. The summed E-state index contributed by atoms with van der Waals surface area (Å²) in [5.74, 6) is -3.11. The number of fused-ring (bicyclic) bond motifs is 2. The number of carboxylic acids is 1. The van der Waals surface area contributed by atoms with Crippen LogP contribution in [0.2, 0.25) is 0 Å². The Morgan fingerprint density at radius 2 is 1.42 bits per heavy atom. The molecular formula is C25H26F3N3O5. The number of anilines is 1. The zero-order chi connectivity index (χ0) is 26.6. The highest BCUT2D eigenvalue weighted by Gasteiger charge is 2.38. The van der Waals surface area contributed by atoms with Gasteiger partial charge in [-0.05, 0) is 38.7 Å². The summed E-state index contributed by atoms with van der Waals surface area (Å²) in [6.45, 7) is 1.68. The number of aliphatic carboxylic acids is 1. The van der Waals surface area contributed by atoms with Crippen LogP contribution in [0.5, 0.6) is 0 Å². The normalized spacial score (nSPS) is 19.7. The lowest BCUT2D eigenvalue weighted by molar-refractivity contribution is -0.192. The fourth-order valence-electron chi connectivity index (χ4n) is 4.20. The van der Waals surface area contributed by atoms with Gasteiger partial charge >= 0.3 is 12.1 Å². The number of hydrogen-bond acceptors (Lipinski definition) is 6.